The lowest BCUT2D eigenvalue weighted by Crippen LogP contribution is -2.29. The van der Waals surface area contributed by atoms with Crippen molar-refractivity contribution in [2.75, 3.05) is 11.9 Å². The molecule has 0 saturated heterocycles. The molecule has 0 saturated carbocycles. The van der Waals surface area contributed by atoms with Crippen LogP contribution in [0.2, 0.25) is 0 Å². The first-order chi connectivity index (χ1) is 12.2. The van der Waals surface area contributed by atoms with E-state index in [0.29, 0.717) is 30.0 Å². The molecule has 3 atom stereocenters. The second kappa shape index (κ2) is 6.68. The number of fused-ring (bicyclic) bond motifs is 3. The van der Waals surface area contributed by atoms with Crippen LogP contribution in [0, 0.1) is 12.8 Å². The predicted octanol–water partition coefficient (Wildman–Crippen LogP) is 5.45. The molecule has 1 aromatic heterocycles. The number of carbonyl (C=O) groups is 1. The first-order valence-electron chi connectivity index (χ1n) is 8.97. The van der Waals surface area contributed by atoms with E-state index < -0.39 is 0 Å². The monoisotopic (exact) mass is 353 g/mol. The number of allylic oxidation sites excluding steroid dienone is 2. The molecule has 3 nitrogen and oxygen atoms in total. The van der Waals surface area contributed by atoms with E-state index in [4.69, 9.17) is 4.74 Å². The van der Waals surface area contributed by atoms with Crippen molar-refractivity contribution >= 4 is 23.0 Å². The molecule has 4 rings (SSSR count). The lowest BCUT2D eigenvalue weighted by molar-refractivity contribution is 0.0505. The van der Waals surface area contributed by atoms with Crippen molar-refractivity contribution in [1.29, 1.82) is 0 Å². The quantitative estimate of drug-likeness (QED) is 0.587. The van der Waals surface area contributed by atoms with E-state index in [1.165, 1.54) is 16.0 Å². The number of anilines is 1. The molecule has 4 heteroatoms. The number of rotatable bonds is 4. The van der Waals surface area contributed by atoms with E-state index in [-0.39, 0.29) is 5.97 Å². The van der Waals surface area contributed by atoms with E-state index in [1.807, 2.05) is 36.5 Å². The highest BCUT2D eigenvalue weighted by molar-refractivity contribution is 7.10. The van der Waals surface area contributed by atoms with Gasteiger partial charge in [0.1, 0.15) is 0 Å². The Hall–Kier alpha value is -2.07. The van der Waals surface area contributed by atoms with Gasteiger partial charge in [-0.15, -0.1) is 11.3 Å². The Bertz CT molecular complexity index is 823. The Balaban J connectivity index is 1.68. The summed E-state index contributed by atoms with van der Waals surface area (Å²) in [5, 5.41) is 5.91. The van der Waals surface area contributed by atoms with Gasteiger partial charge in [-0.1, -0.05) is 19.1 Å². The molecule has 1 aromatic carbocycles. The molecule has 2 aliphatic rings. The lowest BCUT2D eigenvalue weighted by Gasteiger charge is -2.37. The fourth-order valence-electron chi connectivity index (χ4n) is 3.96. The average Bonchev–Trinajstić information content (AvgIpc) is 3.27. The highest BCUT2D eigenvalue weighted by Gasteiger charge is 2.39. The smallest absolute Gasteiger partial charge is 0.338 e. The van der Waals surface area contributed by atoms with Gasteiger partial charge in [0.15, 0.2) is 0 Å². The van der Waals surface area contributed by atoms with Crippen LogP contribution in [0.1, 0.15) is 58.1 Å². The number of benzene rings is 1. The van der Waals surface area contributed by atoms with Crippen molar-refractivity contribution in [2.45, 2.75) is 38.6 Å². The number of esters is 1. The zero-order valence-corrected chi connectivity index (χ0v) is 15.4. The first-order valence-corrected chi connectivity index (χ1v) is 9.85. The summed E-state index contributed by atoms with van der Waals surface area (Å²) < 4.78 is 5.30. The van der Waals surface area contributed by atoms with Crippen LogP contribution in [-0.4, -0.2) is 12.6 Å². The molecular formula is C21H23NO2S. The van der Waals surface area contributed by atoms with Crippen LogP contribution in [0.25, 0.3) is 0 Å². The number of aryl methyl sites for hydroxylation is 1. The molecular weight excluding hydrogens is 330 g/mol. The number of hydrogen-bond donors (Lipinski definition) is 1. The Morgan fingerprint density at radius 2 is 2.24 bits per heavy atom. The normalized spacial score (nSPS) is 23.7. The minimum absolute atomic E-state index is 0.223. The molecule has 0 radical (unpaired) electrons. The van der Waals surface area contributed by atoms with Crippen LogP contribution in [0.15, 0.2) is 41.8 Å². The average molecular weight is 353 g/mol. The number of carbonyl (C=O) groups excluding carboxylic acids is 1. The van der Waals surface area contributed by atoms with Gasteiger partial charge in [0.25, 0.3) is 0 Å². The molecule has 0 bridgehead atoms. The molecule has 0 fully saturated rings. The SMILES string of the molecule is CCCOC(=O)c1ccc2c(c1)C1C=CCC1C(c1sccc1C)N2. The lowest BCUT2D eigenvalue weighted by atomic mass is 9.78. The van der Waals surface area contributed by atoms with Gasteiger partial charge in [-0.3, -0.25) is 0 Å². The second-order valence-corrected chi connectivity index (χ2v) is 7.83. The molecule has 2 aromatic rings. The molecule has 130 valence electrons. The largest absolute Gasteiger partial charge is 0.462 e. The van der Waals surface area contributed by atoms with Gasteiger partial charge in [0, 0.05) is 16.5 Å². The standard InChI is InChI=1S/C21H23NO2S/c1-3-10-24-21(23)14-7-8-18-17(12-14)15-5-4-6-16(15)19(22-18)20-13(2)9-11-25-20/h4-5,7-9,11-12,15-16,19,22H,3,6,10H2,1-2H3. The maximum absolute atomic E-state index is 12.2. The topological polar surface area (TPSA) is 38.3 Å². The maximum Gasteiger partial charge on any atom is 0.338 e. The van der Waals surface area contributed by atoms with Crippen LogP contribution in [0.3, 0.4) is 0 Å². The minimum atomic E-state index is -0.223. The summed E-state index contributed by atoms with van der Waals surface area (Å²) in [4.78, 5) is 13.6. The summed E-state index contributed by atoms with van der Waals surface area (Å²) in [5.74, 6) is 0.646. The van der Waals surface area contributed by atoms with Crippen molar-refractivity contribution in [3.05, 3.63) is 63.4 Å². The summed E-state index contributed by atoms with van der Waals surface area (Å²) in [7, 11) is 0. The highest BCUT2D eigenvalue weighted by atomic mass is 32.1. The Morgan fingerprint density at radius 1 is 1.36 bits per heavy atom. The third kappa shape index (κ3) is 2.89. The van der Waals surface area contributed by atoms with E-state index in [2.05, 4.69) is 35.8 Å². The molecule has 25 heavy (non-hydrogen) atoms. The molecule has 0 amide bonds. The summed E-state index contributed by atoms with van der Waals surface area (Å²) in [5.41, 5.74) is 4.36. The summed E-state index contributed by atoms with van der Waals surface area (Å²) in [6.07, 6.45) is 6.50. The van der Waals surface area contributed by atoms with Crippen LogP contribution >= 0.6 is 11.3 Å². The third-order valence-corrected chi connectivity index (χ3v) is 6.32. The van der Waals surface area contributed by atoms with Gasteiger partial charge in [-0.05, 0) is 66.5 Å². The van der Waals surface area contributed by atoms with Gasteiger partial charge in [-0.25, -0.2) is 4.79 Å². The van der Waals surface area contributed by atoms with Crippen molar-refractivity contribution in [2.24, 2.45) is 5.92 Å². The summed E-state index contributed by atoms with van der Waals surface area (Å²) in [6, 6.07) is 8.47. The number of ether oxygens (including phenoxy) is 1. The van der Waals surface area contributed by atoms with Gasteiger partial charge < -0.3 is 10.1 Å². The van der Waals surface area contributed by atoms with Crippen molar-refractivity contribution in [3.63, 3.8) is 0 Å². The fraction of sp³-hybridized carbons (Fsp3) is 0.381. The van der Waals surface area contributed by atoms with Crippen molar-refractivity contribution < 1.29 is 9.53 Å². The molecule has 1 N–H and O–H groups in total. The molecule has 1 aliphatic heterocycles. The van der Waals surface area contributed by atoms with E-state index >= 15 is 0 Å². The Kier molecular flexibility index (Phi) is 4.38. The van der Waals surface area contributed by atoms with Crippen molar-refractivity contribution in [3.8, 4) is 0 Å². The third-order valence-electron chi connectivity index (χ3n) is 5.22. The highest BCUT2D eigenvalue weighted by Crippen LogP contribution is 2.51. The van der Waals surface area contributed by atoms with Crippen LogP contribution in [-0.2, 0) is 4.74 Å². The second-order valence-electron chi connectivity index (χ2n) is 6.88. The molecule has 0 spiro atoms. The summed E-state index contributed by atoms with van der Waals surface area (Å²) >= 11 is 1.83. The minimum Gasteiger partial charge on any atom is -0.462 e. The van der Waals surface area contributed by atoms with Crippen LogP contribution in [0.5, 0.6) is 0 Å². The molecule has 2 heterocycles. The van der Waals surface area contributed by atoms with Crippen LogP contribution in [0.4, 0.5) is 5.69 Å². The zero-order valence-electron chi connectivity index (χ0n) is 14.6. The zero-order chi connectivity index (χ0) is 17.4. The summed E-state index contributed by atoms with van der Waals surface area (Å²) in [6.45, 7) is 4.66. The Morgan fingerprint density at radius 3 is 3.00 bits per heavy atom. The first kappa shape index (κ1) is 16.4. The van der Waals surface area contributed by atoms with E-state index in [1.54, 1.807) is 0 Å². The molecule has 1 aliphatic carbocycles. The van der Waals surface area contributed by atoms with Gasteiger partial charge in [0.2, 0.25) is 0 Å². The predicted molar refractivity (Wildman–Crippen MR) is 102 cm³/mol. The number of thiophene rings is 1. The van der Waals surface area contributed by atoms with Gasteiger partial charge in [-0.2, -0.15) is 0 Å². The Labute approximate surface area is 152 Å². The number of nitrogens with one attached hydrogen (secondary N) is 1. The molecule has 3 unspecified atom stereocenters. The van der Waals surface area contributed by atoms with Gasteiger partial charge >= 0.3 is 5.97 Å². The van der Waals surface area contributed by atoms with E-state index in [9.17, 15) is 4.79 Å². The van der Waals surface area contributed by atoms with E-state index in [0.717, 1.165) is 18.5 Å². The number of hydrogen-bond acceptors (Lipinski definition) is 4. The maximum atomic E-state index is 12.2. The van der Waals surface area contributed by atoms with Crippen LogP contribution < -0.4 is 5.32 Å². The van der Waals surface area contributed by atoms with Gasteiger partial charge in [0.05, 0.1) is 18.2 Å². The fourth-order valence-corrected chi connectivity index (χ4v) is 5.02. The van der Waals surface area contributed by atoms with Crippen molar-refractivity contribution in [1.82, 2.24) is 0 Å².